The molecular formula is C9H12. The summed E-state index contributed by atoms with van der Waals surface area (Å²) in [5.74, 6) is -0.376. The van der Waals surface area contributed by atoms with Gasteiger partial charge in [0.1, 0.15) is 0 Å². The second-order valence-electron chi connectivity index (χ2n) is 2.13. The summed E-state index contributed by atoms with van der Waals surface area (Å²) in [4.78, 5) is 0. The van der Waals surface area contributed by atoms with E-state index >= 15 is 0 Å². The molecule has 48 valence electrons. The molecule has 0 amide bonds. The van der Waals surface area contributed by atoms with Crippen molar-refractivity contribution in [1.29, 1.82) is 0 Å². The fraction of sp³-hybridized carbons (Fsp3) is 0.333. The summed E-state index contributed by atoms with van der Waals surface area (Å²) in [6, 6.07) is 9.29. The summed E-state index contributed by atoms with van der Waals surface area (Å²) < 4.78 is 21.6. The smallest absolute Gasteiger partial charge is 0.0236 e. The van der Waals surface area contributed by atoms with Crippen LogP contribution in [-0.4, -0.2) is 0 Å². The lowest BCUT2D eigenvalue weighted by atomic mass is 10.0. The molecule has 0 heterocycles. The molecule has 0 fully saturated rings. The zero-order valence-electron chi connectivity index (χ0n) is 8.46. The molecule has 0 spiro atoms. The third kappa shape index (κ3) is 1.56. The summed E-state index contributed by atoms with van der Waals surface area (Å²) in [7, 11) is 0. The van der Waals surface area contributed by atoms with Crippen LogP contribution in [0.3, 0.4) is 0 Å². The van der Waals surface area contributed by atoms with Crippen molar-refractivity contribution >= 4 is 0 Å². The van der Waals surface area contributed by atoms with Gasteiger partial charge in [-0.2, -0.15) is 0 Å². The quantitative estimate of drug-likeness (QED) is 0.538. The largest absolute Gasteiger partial charge is 0.0622 e. The predicted octanol–water partition coefficient (Wildman–Crippen LogP) is 2.81. The maximum Gasteiger partial charge on any atom is 0.0236 e. The van der Waals surface area contributed by atoms with Gasteiger partial charge in [0.05, 0.1) is 0 Å². The molecule has 0 bridgehead atoms. The van der Waals surface area contributed by atoms with Gasteiger partial charge < -0.3 is 0 Å². The lowest BCUT2D eigenvalue weighted by Gasteiger charge is -2.01. The zero-order chi connectivity index (χ0) is 9.19. The van der Waals surface area contributed by atoms with Crippen molar-refractivity contribution < 1.29 is 4.11 Å². The van der Waals surface area contributed by atoms with Gasteiger partial charge in [-0.3, -0.25) is 0 Å². The number of benzene rings is 1. The molecule has 0 aliphatic rings. The standard InChI is InChI=1S/C9H12/c1-8(2)9-6-4-3-5-7-9/h3-8H,1-2H3/i1D3/t8-/m1/s1. The second-order valence-corrected chi connectivity index (χ2v) is 2.13. The van der Waals surface area contributed by atoms with E-state index < -0.39 is 6.85 Å². The van der Waals surface area contributed by atoms with Crippen LogP contribution in [0.15, 0.2) is 30.3 Å². The maximum atomic E-state index is 7.21. The van der Waals surface area contributed by atoms with E-state index in [-0.39, 0.29) is 5.92 Å². The van der Waals surface area contributed by atoms with Crippen molar-refractivity contribution in [2.24, 2.45) is 0 Å². The van der Waals surface area contributed by atoms with E-state index in [4.69, 9.17) is 4.11 Å². The summed E-state index contributed by atoms with van der Waals surface area (Å²) in [5.41, 5.74) is 0.873. The Bertz CT molecular complexity index is 238. The molecule has 0 saturated heterocycles. The third-order valence-electron chi connectivity index (χ3n) is 1.30. The minimum Gasteiger partial charge on any atom is -0.0622 e. The fourth-order valence-corrected chi connectivity index (χ4v) is 0.742. The van der Waals surface area contributed by atoms with Gasteiger partial charge in [-0.15, -0.1) is 0 Å². The highest BCUT2D eigenvalue weighted by Gasteiger charge is 1.93. The predicted molar refractivity (Wildman–Crippen MR) is 40.5 cm³/mol. The van der Waals surface area contributed by atoms with E-state index in [1.54, 1.807) is 6.92 Å². The molecule has 0 unspecified atom stereocenters. The molecule has 0 saturated carbocycles. The van der Waals surface area contributed by atoms with Crippen molar-refractivity contribution in [2.45, 2.75) is 19.7 Å². The highest BCUT2D eigenvalue weighted by atomic mass is 14.0. The first-order valence-electron chi connectivity index (χ1n) is 4.57. The van der Waals surface area contributed by atoms with Gasteiger partial charge in [0.15, 0.2) is 0 Å². The Balaban J connectivity index is 2.86. The molecule has 1 aromatic carbocycles. The maximum absolute atomic E-state index is 7.21. The van der Waals surface area contributed by atoms with Crippen molar-refractivity contribution in [1.82, 2.24) is 0 Å². The first-order chi connectivity index (χ1) is 5.52. The van der Waals surface area contributed by atoms with Gasteiger partial charge >= 0.3 is 0 Å². The van der Waals surface area contributed by atoms with Crippen LogP contribution in [0, 0.1) is 0 Å². The minimum absolute atomic E-state index is 0.376. The van der Waals surface area contributed by atoms with E-state index in [0.29, 0.717) is 0 Å². The van der Waals surface area contributed by atoms with Gasteiger partial charge in [0.2, 0.25) is 0 Å². The fourth-order valence-electron chi connectivity index (χ4n) is 0.742. The van der Waals surface area contributed by atoms with Gasteiger partial charge in [-0.1, -0.05) is 44.1 Å². The summed E-state index contributed by atoms with van der Waals surface area (Å²) in [6.45, 7) is -0.163. The average molecular weight is 123 g/mol. The minimum atomic E-state index is -1.89. The topological polar surface area (TPSA) is 0 Å². The summed E-state index contributed by atoms with van der Waals surface area (Å²) in [5, 5.41) is 0. The highest BCUT2D eigenvalue weighted by Crippen LogP contribution is 2.11. The van der Waals surface area contributed by atoms with E-state index in [2.05, 4.69) is 0 Å². The van der Waals surface area contributed by atoms with Crippen LogP contribution in [0.1, 0.15) is 29.4 Å². The van der Waals surface area contributed by atoms with E-state index in [0.717, 1.165) is 5.56 Å². The van der Waals surface area contributed by atoms with Crippen LogP contribution in [0.2, 0.25) is 0 Å². The normalized spacial score (nSPS) is 19.4. The van der Waals surface area contributed by atoms with Crippen molar-refractivity contribution in [2.75, 3.05) is 0 Å². The van der Waals surface area contributed by atoms with Crippen LogP contribution in [-0.2, 0) is 0 Å². The Labute approximate surface area is 60.7 Å². The molecule has 0 heteroatoms. The Morgan fingerprint density at radius 3 is 2.56 bits per heavy atom. The Morgan fingerprint density at radius 2 is 2.00 bits per heavy atom. The summed E-state index contributed by atoms with van der Waals surface area (Å²) >= 11 is 0. The number of hydrogen-bond acceptors (Lipinski definition) is 0. The van der Waals surface area contributed by atoms with E-state index in [1.807, 2.05) is 30.3 Å². The second kappa shape index (κ2) is 2.67. The Morgan fingerprint density at radius 1 is 1.33 bits per heavy atom. The average Bonchev–Trinajstić information content (AvgIpc) is 2.03. The monoisotopic (exact) mass is 123 g/mol. The lowest BCUT2D eigenvalue weighted by Crippen LogP contribution is -1.83. The van der Waals surface area contributed by atoms with E-state index in [1.165, 1.54) is 0 Å². The molecule has 0 aromatic heterocycles. The molecule has 9 heavy (non-hydrogen) atoms. The first kappa shape index (κ1) is 3.40. The molecular weight excluding hydrogens is 108 g/mol. The Kier molecular flexibility index (Phi) is 1.01. The highest BCUT2D eigenvalue weighted by molar-refractivity contribution is 5.17. The Hall–Kier alpha value is -0.780. The zero-order valence-corrected chi connectivity index (χ0v) is 5.46. The molecule has 1 atom stereocenters. The van der Waals surface area contributed by atoms with Gasteiger partial charge in [0, 0.05) is 4.11 Å². The van der Waals surface area contributed by atoms with Gasteiger partial charge in [-0.25, -0.2) is 0 Å². The van der Waals surface area contributed by atoms with Crippen molar-refractivity contribution in [3.63, 3.8) is 0 Å². The lowest BCUT2D eigenvalue weighted by molar-refractivity contribution is 0.867. The molecule has 1 aromatic rings. The molecule has 0 N–H and O–H groups in total. The van der Waals surface area contributed by atoms with Crippen LogP contribution < -0.4 is 0 Å². The molecule has 1 rings (SSSR count). The number of rotatable bonds is 1. The molecule has 0 nitrogen and oxygen atoms in total. The SMILES string of the molecule is [2H]C([2H])([2H])[C@H](C)c1ccccc1. The number of hydrogen-bond donors (Lipinski definition) is 0. The van der Waals surface area contributed by atoms with Crippen molar-refractivity contribution in [3.8, 4) is 0 Å². The van der Waals surface area contributed by atoms with Gasteiger partial charge in [-0.05, 0) is 11.5 Å². The molecule has 0 aliphatic heterocycles. The van der Waals surface area contributed by atoms with Crippen LogP contribution in [0.5, 0.6) is 0 Å². The molecule has 0 aliphatic carbocycles. The summed E-state index contributed by atoms with van der Waals surface area (Å²) in [6.07, 6.45) is 0. The molecule has 0 radical (unpaired) electrons. The van der Waals surface area contributed by atoms with Crippen LogP contribution in [0.4, 0.5) is 0 Å². The van der Waals surface area contributed by atoms with Crippen LogP contribution in [0.25, 0.3) is 0 Å². The third-order valence-corrected chi connectivity index (χ3v) is 1.30. The van der Waals surface area contributed by atoms with Crippen molar-refractivity contribution in [3.05, 3.63) is 35.9 Å². The first-order valence-corrected chi connectivity index (χ1v) is 3.07. The van der Waals surface area contributed by atoms with Crippen LogP contribution >= 0.6 is 0 Å². The van der Waals surface area contributed by atoms with Gasteiger partial charge in [0.25, 0.3) is 0 Å². The van der Waals surface area contributed by atoms with E-state index in [9.17, 15) is 0 Å².